The summed E-state index contributed by atoms with van der Waals surface area (Å²) >= 11 is 11.9. The summed E-state index contributed by atoms with van der Waals surface area (Å²) in [6, 6.07) is 8.30. The molecular weight excluding hydrogens is 373 g/mol. The third-order valence-corrected chi connectivity index (χ3v) is 3.78. The first kappa shape index (κ1) is 19.6. The largest absolute Gasteiger partial charge is 0.440 e. The van der Waals surface area contributed by atoms with Gasteiger partial charge < -0.3 is 15.8 Å². The number of carbonyl (C=O) groups excluding carboxylic acids is 1. The molecule has 0 saturated carbocycles. The van der Waals surface area contributed by atoms with Crippen LogP contribution in [0.4, 0.5) is 0 Å². The second kappa shape index (κ2) is 9.65. The highest BCUT2D eigenvalue weighted by molar-refractivity contribution is 6.35. The van der Waals surface area contributed by atoms with Gasteiger partial charge >= 0.3 is 0 Å². The van der Waals surface area contributed by atoms with E-state index < -0.39 is 0 Å². The standard InChI is InChI=1S/C19H17Cl2N3O2/c1-13(4-2-3-9-22)26-18-8-6-15(12-23-18)19(25)24-11-14-5-7-16(20)10-17(14)21/h2-10,12H,1,11,22H2,(H,24,25)/b4-2-,9-3-. The van der Waals surface area contributed by atoms with Crippen molar-refractivity contribution in [1.82, 2.24) is 10.3 Å². The lowest BCUT2D eigenvalue weighted by Gasteiger charge is -2.08. The molecule has 0 aliphatic heterocycles. The van der Waals surface area contributed by atoms with Crippen molar-refractivity contribution in [3.63, 3.8) is 0 Å². The van der Waals surface area contributed by atoms with Gasteiger partial charge in [0.1, 0.15) is 5.76 Å². The van der Waals surface area contributed by atoms with E-state index in [4.69, 9.17) is 33.7 Å². The molecule has 0 atom stereocenters. The first-order valence-electron chi connectivity index (χ1n) is 7.59. The SMILES string of the molecule is C=C(/C=C\C=C/N)Oc1ccc(C(=O)NCc2ccc(Cl)cc2Cl)cn1. The highest BCUT2D eigenvalue weighted by Gasteiger charge is 2.08. The predicted molar refractivity (Wildman–Crippen MR) is 104 cm³/mol. The Labute approximate surface area is 161 Å². The molecule has 2 rings (SSSR count). The Bertz CT molecular complexity index is 846. The predicted octanol–water partition coefficient (Wildman–Crippen LogP) is 4.24. The molecule has 0 aliphatic carbocycles. The lowest BCUT2D eigenvalue weighted by atomic mass is 10.2. The van der Waals surface area contributed by atoms with Crippen molar-refractivity contribution in [1.29, 1.82) is 0 Å². The zero-order valence-electron chi connectivity index (χ0n) is 13.8. The fraction of sp³-hybridized carbons (Fsp3) is 0.0526. The third-order valence-electron chi connectivity index (χ3n) is 3.19. The summed E-state index contributed by atoms with van der Waals surface area (Å²) in [5.41, 5.74) is 6.39. The van der Waals surface area contributed by atoms with E-state index in [0.29, 0.717) is 27.2 Å². The summed E-state index contributed by atoms with van der Waals surface area (Å²) in [7, 11) is 0. The first-order chi connectivity index (χ1) is 12.5. The molecule has 1 amide bonds. The Hall–Kier alpha value is -2.76. The Kier molecular flexibility index (Phi) is 7.26. The van der Waals surface area contributed by atoms with Gasteiger partial charge in [-0.2, -0.15) is 0 Å². The molecule has 134 valence electrons. The third kappa shape index (κ3) is 5.95. The molecule has 3 N–H and O–H groups in total. The van der Waals surface area contributed by atoms with Crippen LogP contribution in [0.25, 0.3) is 0 Å². The molecular formula is C19H17Cl2N3O2. The number of halogens is 2. The van der Waals surface area contributed by atoms with Crippen LogP contribution in [-0.2, 0) is 6.54 Å². The number of pyridine rings is 1. The first-order valence-corrected chi connectivity index (χ1v) is 8.35. The molecule has 0 bridgehead atoms. The molecule has 0 spiro atoms. The van der Waals surface area contributed by atoms with Gasteiger partial charge in [-0.15, -0.1) is 0 Å². The van der Waals surface area contributed by atoms with Crippen LogP contribution in [0.15, 0.2) is 73.3 Å². The number of carbonyl (C=O) groups is 1. The lowest BCUT2D eigenvalue weighted by Crippen LogP contribution is -2.23. The molecule has 2 aromatic rings. The second-order valence-electron chi connectivity index (χ2n) is 5.12. The van der Waals surface area contributed by atoms with Crippen molar-refractivity contribution in [2.45, 2.75) is 6.54 Å². The monoisotopic (exact) mass is 389 g/mol. The highest BCUT2D eigenvalue weighted by Crippen LogP contribution is 2.21. The normalized spacial score (nSPS) is 11.0. The number of hydrogen-bond donors (Lipinski definition) is 2. The van der Waals surface area contributed by atoms with E-state index in [-0.39, 0.29) is 12.5 Å². The molecule has 1 aromatic heterocycles. The molecule has 1 heterocycles. The summed E-state index contributed by atoms with van der Waals surface area (Å²) in [5.74, 6) is 0.445. The molecule has 0 unspecified atom stereocenters. The second-order valence-corrected chi connectivity index (χ2v) is 5.96. The number of hydrogen-bond acceptors (Lipinski definition) is 4. The maximum atomic E-state index is 12.2. The van der Waals surface area contributed by atoms with Gasteiger partial charge in [0.25, 0.3) is 5.91 Å². The minimum atomic E-state index is -0.276. The Morgan fingerprint density at radius 1 is 1.27 bits per heavy atom. The zero-order chi connectivity index (χ0) is 18.9. The van der Waals surface area contributed by atoms with Gasteiger partial charge in [0, 0.05) is 28.9 Å². The van der Waals surface area contributed by atoms with Gasteiger partial charge in [0.15, 0.2) is 0 Å². The van der Waals surface area contributed by atoms with Crippen LogP contribution in [0, 0.1) is 0 Å². The van der Waals surface area contributed by atoms with Gasteiger partial charge in [-0.05, 0) is 42.1 Å². The minimum absolute atomic E-state index is 0.276. The Morgan fingerprint density at radius 2 is 2.08 bits per heavy atom. The quantitative estimate of drug-likeness (QED) is 0.548. The van der Waals surface area contributed by atoms with Gasteiger partial charge in [-0.1, -0.05) is 41.9 Å². The van der Waals surface area contributed by atoms with E-state index in [0.717, 1.165) is 5.56 Å². The van der Waals surface area contributed by atoms with E-state index in [2.05, 4.69) is 16.9 Å². The average molecular weight is 390 g/mol. The van der Waals surface area contributed by atoms with E-state index in [1.807, 2.05) is 0 Å². The summed E-state index contributed by atoms with van der Waals surface area (Å²) in [4.78, 5) is 16.3. The topological polar surface area (TPSA) is 77.2 Å². The van der Waals surface area contributed by atoms with E-state index >= 15 is 0 Å². The van der Waals surface area contributed by atoms with Gasteiger partial charge in [-0.25, -0.2) is 4.98 Å². The Balaban J connectivity index is 1.92. The van der Waals surface area contributed by atoms with Crippen molar-refractivity contribution < 1.29 is 9.53 Å². The number of allylic oxidation sites excluding steroid dienone is 3. The maximum absolute atomic E-state index is 12.2. The van der Waals surface area contributed by atoms with E-state index in [1.165, 1.54) is 12.4 Å². The van der Waals surface area contributed by atoms with E-state index in [1.54, 1.807) is 48.6 Å². The molecule has 26 heavy (non-hydrogen) atoms. The lowest BCUT2D eigenvalue weighted by molar-refractivity contribution is 0.0950. The number of ether oxygens (including phenoxy) is 1. The van der Waals surface area contributed by atoms with Gasteiger partial charge in [0.2, 0.25) is 5.88 Å². The van der Waals surface area contributed by atoms with Crippen LogP contribution < -0.4 is 15.8 Å². The van der Waals surface area contributed by atoms with Crippen molar-refractivity contribution in [3.8, 4) is 5.88 Å². The number of amides is 1. The zero-order valence-corrected chi connectivity index (χ0v) is 15.3. The molecule has 7 heteroatoms. The summed E-state index contributed by atoms with van der Waals surface area (Å²) in [6.07, 6.45) is 7.79. The van der Waals surface area contributed by atoms with Crippen molar-refractivity contribution in [3.05, 3.63) is 94.5 Å². The number of nitrogens with one attached hydrogen (secondary N) is 1. The molecule has 0 fully saturated rings. The van der Waals surface area contributed by atoms with Crippen LogP contribution in [0.5, 0.6) is 5.88 Å². The van der Waals surface area contributed by atoms with Crippen molar-refractivity contribution >= 4 is 29.1 Å². The average Bonchev–Trinajstić information content (AvgIpc) is 2.61. The molecule has 0 radical (unpaired) electrons. The number of aromatic nitrogens is 1. The Morgan fingerprint density at radius 3 is 2.73 bits per heavy atom. The highest BCUT2D eigenvalue weighted by atomic mass is 35.5. The van der Waals surface area contributed by atoms with Crippen LogP contribution in [0.1, 0.15) is 15.9 Å². The minimum Gasteiger partial charge on any atom is -0.440 e. The van der Waals surface area contributed by atoms with E-state index in [9.17, 15) is 4.79 Å². The van der Waals surface area contributed by atoms with Gasteiger partial charge in [0.05, 0.1) is 5.56 Å². The smallest absolute Gasteiger partial charge is 0.253 e. The molecule has 0 saturated heterocycles. The van der Waals surface area contributed by atoms with Crippen LogP contribution in [0.3, 0.4) is 0 Å². The van der Waals surface area contributed by atoms with Crippen LogP contribution in [-0.4, -0.2) is 10.9 Å². The summed E-state index contributed by atoms with van der Waals surface area (Å²) in [6.45, 7) is 4.01. The summed E-state index contributed by atoms with van der Waals surface area (Å²) in [5, 5.41) is 3.81. The molecule has 1 aromatic carbocycles. The van der Waals surface area contributed by atoms with Gasteiger partial charge in [-0.3, -0.25) is 4.79 Å². The van der Waals surface area contributed by atoms with Crippen LogP contribution in [0.2, 0.25) is 10.0 Å². The fourth-order valence-electron chi connectivity index (χ4n) is 1.91. The molecule has 5 nitrogen and oxygen atoms in total. The van der Waals surface area contributed by atoms with Crippen LogP contribution >= 0.6 is 23.2 Å². The number of nitrogens with zero attached hydrogens (tertiary/aromatic N) is 1. The number of nitrogens with two attached hydrogens (primary N) is 1. The van der Waals surface area contributed by atoms with Crippen molar-refractivity contribution in [2.24, 2.45) is 5.73 Å². The number of benzene rings is 1. The maximum Gasteiger partial charge on any atom is 0.253 e. The number of rotatable bonds is 7. The fourth-order valence-corrected chi connectivity index (χ4v) is 2.39. The summed E-state index contributed by atoms with van der Waals surface area (Å²) < 4.78 is 5.42. The molecule has 0 aliphatic rings. The van der Waals surface area contributed by atoms with Crippen molar-refractivity contribution in [2.75, 3.05) is 0 Å².